The lowest BCUT2D eigenvalue weighted by Gasteiger charge is -2.28. The van der Waals surface area contributed by atoms with E-state index in [1.165, 1.54) is 12.8 Å². The van der Waals surface area contributed by atoms with Gasteiger partial charge in [0, 0.05) is 6.42 Å². The molecule has 2 nitrogen and oxygen atoms in total. The molecule has 1 heterocycles. The summed E-state index contributed by atoms with van der Waals surface area (Å²) >= 11 is 3.44. The van der Waals surface area contributed by atoms with Gasteiger partial charge in [-0.1, -0.05) is 31.8 Å². The first-order valence-electron chi connectivity index (χ1n) is 5.50. The summed E-state index contributed by atoms with van der Waals surface area (Å²) in [4.78, 5) is 5.66. The molecule has 0 amide bonds. The van der Waals surface area contributed by atoms with Crippen LogP contribution in [0.4, 0.5) is 0 Å². The van der Waals surface area contributed by atoms with E-state index in [-0.39, 0.29) is 5.60 Å². The molecule has 0 unspecified atom stereocenters. The van der Waals surface area contributed by atoms with Crippen LogP contribution < -0.4 is 0 Å². The summed E-state index contributed by atoms with van der Waals surface area (Å²) in [6.45, 7) is 4.66. The molecule has 2 aliphatic rings. The fraction of sp³-hybridized carbons (Fsp3) is 0.909. The molecule has 1 fully saturated rings. The molecule has 2 rings (SSSR count). The lowest BCUT2D eigenvalue weighted by atomic mass is 9.86. The monoisotopic (exact) mass is 259 g/mol. The van der Waals surface area contributed by atoms with Gasteiger partial charge in [-0.25, -0.2) is 0 Å². The maximum absolute atomic E-state index is 5.66. The topological polar surface area (TPSA) is 21.6 Å². The summed E-state index contributed by atoms with van der Waals surface area (Å²) < 4.78 is 0.985. The van der Waals surface area contributed by atoms with Gasteiger partial charge in [-0.2, -0.15) is 0 Å². The van der Waals surface area contributed by atoms with Crippen molar-refractivity contribution < 1.29 is 4.84 Å². The van der Waals surface area contributed by atoms with Crippen LogP contribution in [0.2, 0.25) is 0 Å². The molecule has 1 aliphatic carbocycles. The van der Waals surface area contributed by atoms with Crippen molar-refractivity contribution in [1.29, 1.82) is 0 Å². The van der Waals surface area contributed by atoms with Gasteiger partial charge in [0.25, 0.3) is 0 Å². The number of hydrogen-bond acceptors (Lipinski definition) is 2. The summed E-state index contributed by atoms with van der Waals surface area (Å²) in [7, 11) is 0. The van der Waals surface area contributed by atoms with Crippen molar-refractivity contribution in [1.82, 2.24) is 0 Å². The summed E-state index contributed by atoms with van der Waals surface area (Å²) in [6, 6.07) is 0. The van der Waals surface area contributed by atoms with Gasteiger partial charge in [-0.15, -0.1) is 0 Å². The predicted molar refractivity (Wildman–Crippen MR) is 61.6 cm³/mol. The van der Waals surface area contributed by atoms with Crippen LogP contribution in [0.3, 0.4) is 0 Å². The second-order valence-corrected chi connectivity index (χ2v) is 6.03. The Hall–Kier alpha value is -0.0500. The average molecular weight is 260 g/mol. The number of halogens is 1. The quantitative estimate of drug-likeness (QED) is 0.650. The molecule has 3 atom stereocenters. The van der Waals surface area contributed by atoms with Gasteiger partial charge in [-0.3, -0.25) is 0 Å². The van der Waals surface area contributed by atoms with E-state index in [0.717, 1.165) is 35.7 Å². The van der Waals surface area contributed by atoms with Crippen molar-refractivity contribution in [3.05, 3.63) is 0 Å². The Kier molecular flexibility index (Phi) is 2.87. The smallest absolute Gasteiger partial charge is 0.144 e. The van der Waals surface area contributed by atoms with E-state index in [9.17, 15) is 0 Å². The van der Waals surface area contributed by atoms with Crippen LogP contribution in [-0.4, -0.2) is 10.2 Å². The van der Waals surface area contributed by atoms with Crippen molar-refractivity contribution >= 4 is 20.6 Å². The third kappa shape index (κ3) is 2.13. The van der Waals surface area contributed by atoms with Gasteiger partial charge in [0.15, 0.2) is 0 Å². The molecule has 0 aromatic heterocycles. The molecule has 1 aliphatic heterocycles. The van der Waals surface area contributed by atoms with Crippen LogP contribution in [-0.2, 0) is 4.84 Å². The minimum Gasteiger partial charge on any atom is -0.388 e. The first-order chi connectivity index (χ1) is 6.60. The van der Waals surface area contributed by atoms with Gasteiger partial charge >= 0.3 is 0 Å². The molecule has 0 aromatic rings. The molecular weight excluding hydrogens is 242 g/mol. The zero-order valence-electron chi connectivity index (χ0n) is 8.92. The number of oxime groups is 1. The summed E-state index contributed by atoms with van der Waals surface area (Å²) in [5.74, 6) is 1.54. The van der Waals surface area contributed by atoms with E-state index in [1.54, 1.807) is 0 Å². The van der Waals surface area contributed by atoms with E-state index in [0.29, 0.717) is 0 Å². The molecule has 14 heavy (non-hydrogen) atoms. The van der Waals surface area contributed by atoms with E-state index < -0.39 is 0 Å². The maximum atomic E-state index is 5.66. The average Bonchev–Trinajstić information content (AvgIpc) is 2.36. The molecule has 0 radical (unpaired) electrons. The molecule has 0 saturated heterocycles. The van der Waals surface area contributed by atoms with Crippen LogP contribution >= 0.6 is 15.9 Å². The Morgan fingerprint density at radius 2 is 1.86 bits per heavy atom. The Balaban J connectivity index is 2.09. The minimum atomic E-state index is 0.0220. The van der Waals surface area contributed by atoms with Gasteiger partial charge in [0.05, 0.1) is 0 Å². The molecule has 0 N–H and O–H groups in total. The van der Waals surface area contributed by atoms with Crippen LogP contribution in [0, 0.1) is 11.8 Å². The largest absolute Gasteiger partial charge is 0.388 e. The standard InChI is InChI=1S/C11H18BrNO/c1-8-3-4-9(2)6-11(5-8)7-10(12)13-14-11/h8-9H,3-7H2,1-2H3/t8-,9+,11+. The Morgan fingerprint density at radius 3 is 2.29 bits per heavy atom. The lowest BCUT2D eigenvalue weighted by molar-refractivity contribution is -0.0433. The Bertz CT molecular complexity index is 240. The second kappa shape index (κ2) is 3.84. The van der Waals surface area contributed by atoms with Crippen molar-refractivity contribution in [2.45, 2.75) is 51.6 Å². The summed E-state index contributed by atoms with van der Waals surface area (Å²) in [5.41, 5.74) is 0.0220. The zero-order valence-corrected chi connectivity index (χ0v) is 10.5. The highest BCUT2D eigenvalue weighted by molar-refractivity contribution is 9.18. The van der Waals surface area contributed by atoms with Gasteiger partial charge in [-0.05, 0) is 40.6 Å². The van der Waals surface area contributed by atoms with Gasteiger partial charge < -0.3 is 4.84 Å². The van der Waals surface area contributed by atoms with Crippen molar-refractivity contribution in [3.63, 3.8) is 0 Å². The van der Waals surface area contributed by atoms with Crippen molar-refractivity contribution in [3.8, 4) is 0 Å². The summed E-state index contributed by atoms with van der Waals surface area (Å²) in [5, 5.41) is 4.06. The SMILES string of the molecule is C[C@@H]1CC[C@H](C)C[C@]2(CC(Br)=NO2)C1. The molecular formula is C11H18BrNO. The van der Waals surface area contributed by atoms with E-state index in [2.05, 4.69) is 34.9 Å². The third-order valence-electron chi connectivity index (χ3n) is 3.40. The highest BCUT2D eigenvalue weighted by Crippen LogP contribution is 2.42. The molecule has 0 aromatic carbocycles. The highest BCUT2D eigenvalue weighted by Gasteiger charge is 2.42. The van der Waals surface area contributed by atoms with Gasteiger partial charge in [0.1, 0.15) is 10.2 Å². The third-order valence-corrected chi connectivity index (χ3v) is 3.82. The Labute approximate surface area is 94.2 Å². The van der Waals surface area contributed by atoms with Crippen molar-refractivity contribution in [2.24, 2.45) is 17.0 Å². The fourth-order valence-electron chi connectivity index (χ4n) is 2.82. The van der Waals surface area contributed by atoms with E-state index in [4.69, 9.17) is 4.84 Å². The van der Waals surface area contributed by atoms with E-state index >= 15 is 0 Å². The summed E-state index contributed by atoms with van der Waals surface area (Å²) in [6.07, 6.45) is 5.97. The first kappa shape index (κ1) is 10.5. The van der Waals surface area contributed by atoms with Gasteiger partial charge in [0.2, 0.25) is 0 Å². The Morgan fingerprint density at radius 1 is 1.29 bits per heavy atom. The van der Waals surface area contributed by atoms with Crippen LogP contribution in [0.25, 0.3) is 0 Å². The second-order valence-electron chi connectivity index (χ2n) is 5.11. The fourth-order valence-corrected chi connectivity index (χ4v) is 3.41. The number of rotatable bonds is 0. The zero-order chi connectivity index (χ0) is 10.2. The predicted octanol–water partition coefficient (Wildman–Crippen LogP) is 3.70. The molecule has 80 valence electrons. The molecule has 1 saturated carbocycles. The van der Waals surface area contributed by atoms with Crippen LogP contribution in [0.5, 0.6) is 0 Å². The first-order valence-corrected chi connectivity index (χ1v) is 6.29. The molecule has 0 bridgehead atoms. The molecule has 3 heteroatoms. The van der Waals surface area contributed by atoms with E-state index in [1.807, 2.05) is 0 Å². The lowest BCUT2D eigenvalue weighted by Crippen LogP contribution is -2.31. The highest BCUT2D eigenvalue weighted by atomic mass is 79.9. The number of hydrogen-bond donors (Lipinski definition) is 0. The number of nitrogens with zero attached hydrogens (tertiary/aromatic N) is 1. The van der Waals surface area contributed by atoms with Crippen LogP contribution in [0.1, 0.15) is 46.0 Å². The maximum Gasteiger partial charge on any atom is 0.144 e. The normalized spacial score (nSPS) is 43.2. The molecule has 1 spiro atoms. The minimum absolute atomic E-state index is 0.0220. The van der Waals surface area contributed by atoms with Crippen molar-refractivity contribution in [2.75, 3.05) is 0 Å². The van der Waals surface area contributed by atoms with Crippen LogP contribution in [0.15, 0.2) is 5.16 Å².